The Kier molecular flexibility index (Phi) is 5.07. The van der Waals surface area contributed by atoms with Crippen molar-refractivity contribution in [3.8, 4) is 0 Å². The Morgan fingerprint density at radius 3 is 2.39 bits per heavy atom. The van der Waals surface area contributed by atoms with Crippen molar-refractivity contribution in [2.75, 3.05) is 0 Å². The summed E-state index contributed by atoms with van der Waals surface area (Å²) in [5.41, 5.74) is 2.95. The first-order valence-corrected chi connectivity index (χ1v) is 5.68. The van der Waals surface area contributed by atoms with Gasteiger partial charge in [0.25, 0.3) is 0 Å². The van der Waals surface area contributed by atoms with Crippen LogP contribution in [-0.2, 0) is 13.6 Å². The lowest BCUT2D eigenvalue weighted by Crippen LogP contribution is -3.00. The van der Waals surface area contributed by atoms with Crippen LogP contribution in [0.5, 0.6) is 0 Å². The van der Waals surface area contributed by atoms with E-state index in [0.717, 1.165) is 16.7 Å². The first kappa shape index (κ1) is 14.9. The number of Topliss-reactive ketones (excluding diaryl/α,β-unsaturated/α-hetero) is 1. The van der Waals surface area contributed by atoms with Gasteiger partial charge in [-0.05, 0) is 25.0 Å². The zero-order valence-electron chi connectivity index (χ0n) is 10.9. The van der Waals surface area contributed by atoms with Crippen molar-refractivity contribution in [1.29, 1.82) is 0 Å². The van der Waals surface area contributed by atoms with Crippen LogP contribution < -0.4 is 28.5 Å². The van der Waals surface area contributed by atoms with Gasteiger partial charge in [-0.2, -0.15) is 0 Å². The second-order valence-electron chi connectivity index (χ2n) is 4.44. The van der Waals surface area contributed by atoms with Crippen LogP contribution in [0, 0.1) is 13.8 Å². The number of rotatable bonds is 3. The fourth-order valence-corrected chi connectivity index (χ4v) is 2.09. The predicted molar refractivity (Wildman–Crippen MR) is 65.9 cm³/mol. The van der Waals surface area contributed by atoms with Crippen molar-refractivity contribution in [2.45, 2.75) is 20.4 Å². The second-order valence-corrected chi connectivity index (χ2v) is 4.44. The summed E-state index contributed by atoms with van der Waals surface area (Å²) in [5.74, 6) is 0.164. The lowest BCUT2D eigenvalue weighted by Gasteiger charge is -2.06. The molecule has 0 bridgehead atoms. The number of nitrogens with zero attached hydrogens (tertiary/aromatic N) is 2. The van der Waals surface area contributed by atoms with Crippen LogP contribution in [0.4, 0.5) is 0 Å². The number of hydrogen-bond donors (Lipinski definition) is 0. The maximum atomic E-state index is 12.2. The lowest BCUT2D eigenvalue weighted by atomic mass is 9.99. The normalized spacial score (nSPS) is 9.94. The molecular weight excluding hydrogens is 339 g/mol. The summed E-state index contributed by atoms with van der Waals surface area (Å²) in [6.45, 7) is 4.36. The van der Waals surface area contributed by atoms with Gasteiger partial charge in [0.2, 0.25) is 12.1 Å². The van der Waals surface area contributed by atoms with Crippen LogP contribution in [0.3, 0.4) is 0 Å². The molecule has 4 heteroatoms. The van der Waals surface area contributed by atoms with Crippen LogP contribution in [-0.4, -0.2) is 10.4 Å². The third-order valence-electron chi connectivity index (χ3n) is 2.91. The summed E-state index contributed by atoms with van der Waals surface area (Å²) in [7, 11) is 1.94. The highest BCUT2D eigenvalue weighted by Gasteiger charge is 2.14. The van der Waals surface area contributed by atoms with Gasteiger partial charge in [-0.1, -0.05) is 18.2 Å². The molecule has 3 nitrogen and oxygen atoms in total. The molecule has 0 aliphatic carbocycles. The molecule has 2 aromatic rings. The van der Waals surface area contributed by atoms with Gasteiger partial charge in [-0.15, -0.1) is 0 Å². The summed E-state index contributed by atoms with van der Waals surface area (Å²) >= 11 is 0. The number of imidazole rings is 1. The van der Waals surface area contributed by atoms with Crippen LogP contribution in [0.25, 0.3) is 0 Å². The van der Waals surface area contributed by atoms with E-state index in [2.05, 4.69) is 0 Å². The van der Waals surface area contributed by atoms with Gasteiger partial charge < -0.3 is 24.0 Å². The largest absolute Gasteiger partial charge is 1.00 e. The standard InChI is InChI=1S/C14H17N2O.HI/c1-11-5-4-6-12(2)14(11)13(17)9-16-8-7-15(3)10-16;/h4-8,10H,9H2,1-3H3;1H/q+1;/p-1. The quantitative estimate of drug-likeness (QED) is 0.386. The van der Waals surface area contributed by atoms with Crippen molar-refractivity contribution in [3.63, 3.8) is 0 Å². The van der Waals surface area contributed by atoms with Crippen molar-refractivity contribution >= 4 is 5.78 Å². The van der Waals surface area contributed by atoms with Crippen molar-refractivity contribution in [2.24, 2.45) is 7.05 Å². The molecule has 0 atom stereocenters. The van der Waals surface area contributed by atoms with E-state index >= 15 is 0 Å². The van der Waals surface area contributed by atoms with Crippen LogP contribution in [0.1, 0.15) is 21.5 Å². The van der Waals surface area contributed by atoms with E-state index in [9.17, 15) is 4.79 Å². The molecule has 0 fully saturated rings. The average Bonchev–Trinajstić information content (AvgIpc) is 2.63. The average molecular weight is 356 g/mol. The number of carbonyl (C=O) groups excluding carboxylic acids is 1. The van der Waals surface area contributed by atoms with E-state index in [-0.39, 0.29) is 29.8 Å². The summed E-state index contributed by atoms with van der Waals surface area (Å²) in [6.07, 6.45) is 5.75. The number of halogens is 1. The zero-order valence-corrected chi connectivity index (χ0v) is 13.0. The second kappa shape index (κ2) is 6.13. The Labute approximate surface area is 124 Å². The monoisotopic (exact) mass is 356 g/mol. The molecule has 0 saturated heterocycles. The third-order valence-corrected chi connectivity index (χ3v) is 2.91. The van der Waals surface area contributed by atoms with Gasteiger partial charge in [0.05, 0.1) is 7.05 Å². The fraction of sp³-hybridized carbons (Fsp3) is 0.286. The summed E-state index contributed by atoms with van der Waals surface area (Å²) in [6, 6.07) is 5.95. The molecule has 96 valence electrons. The maximum Gasteiger partial charge on any atom is 0.243 e. The minimum absolute atomic E-state index is 0. The maximum absolute atomic E-state index is 12.2. The zero-order chi connectivity index (χ0) is 12.4. The van der Waals surface area contributed by atoms with E-state index in [0.29, 0.717) is 6.54 Å². The molecule has 0 saturated carbocycles. The topological polar surface area (TPSA) is 25.9 Å². The Hall–Kier alpha value is -1.17. The van der Waals surface area contributed by atoms with Gasteiger partial charge in [-0.25, -0.2) is 9.13 Å². The van der Waals surface area contributed by atoms with Crippen LogP contribution in [0.15, 0.2) is 36.9 Å². The molecule has 0 unspecified atom stereocenters. The summed E-state index contributed by atoms with van der Waals surface area (Å²) in [4.78, 5) is 12.2. The van der Waals surface area contributed by atoms with E-state index in [1.54, 1.807) is 0 Å². The van der Waals surface area contributed by atoms with Gasteiger partial charge >= 0.3 is 0 Å². The lowest BCUT2D eigenvalue weighted by molar-refractivity contribution is -0.671. The van der Waals surface area contributed by atoms with E-state index in [4.69, 9.17) is 0 Å². The molecule has 0 N–H and O–H groups in total. The SMILES string of the molecule is Cc1cccc(C)c1C(=O)Cn1cc[n+](C)c1.[I-]. The van der Waals surface area contributed by atoms with E-state index in [1.807, 2.05) is 66.9 Å². The van der Waals surface area contributed by atoms with Crippen molar-refractivity contribution < 1.29 is 33.3 Å². The number of aromatic nitrogens is 2. The number of ketones is 1. The Balaban J connectivity index is 0.00000162. The number of carbonyl (C=O) groups is 1. The molecule has 1 aromatic heterocycles. The highest BCUT2D eigenvalue weighted by atomic mass is 127. The van der Waals surface area contributed by atoms with Crippen LogP contribution in [0.2, 0.25) is 0 Å². The Morgan fingerprint density at radius 2 is 1.89 bits per heavy atom. The first-order chi connectivity index (χ1) is 8.08. The van der Waals surface area contributed by atoms with Crippen molar-refractivity contribution in [3.05, 3.63) is 53.6 Å². The smallest absolute Gasteiger partial charge is 0.243 e. The molecule has 1 aromatic carbocycles. The molecule has 2 rings (SSSR count). The number of hydrogen-bond acceptors (Lipinski definition) is 1. The van der Waals surface area contributed by atoms with Crippen LogP contribution >= 0.6 is 0 Å². The van der Waals surface area contributed by atoms with Gasteiger partial charge in [0.1, 0.15) is 12.4 Å². The minimum Gasteiger partial charge on any atom is -1.00 e. The predicted octanol–water partition coefficient (Wildman–Crippen LogP) is -1.18. The molecule has 1 heterocycles. The van der Waals surface area contributed by atoms with E-state index < -0.39 is 0 Å². The Morgan fingerprint density at radius 1 is 1.28 bits per heavy atom. The van der Waals surface area contributed by atoms with E-state index in [1.165, 1.54) is 0 Å². The molecule has 0 aliphatic rings. The van der Waals surface area contributed by atoms with Crippen molar-refractivity contribution in [1.82, 2.24) is 4.57 Å². The number of aryl methyl sites for hydroxylation is 3. The van der Waals surface area contributed by atoms with Gasteiger partial charge in [0.15, 0.2) is 6.54 Å². The molecular formula is C14H17IN2O. The Bertz CT molecular complexity index is 540. The summed E-state index contributed by atoms with van der Waals surface area (Å²) in [5, 5.41) is 0. The van der Waals surface area contributed by atoms with Gasteiger partial charge in [0, 0.05) is 5.56 Å². The number of benzene rings is 1. The molecule has 0 spiro atoms. The first-order valence-electron chi connectivity index (χ1n) is 5.68. The highest BCUT2D eigenvalue weighted by Crippen LogP contribution is 2.14. The molecule has 18 heavy (non-hydrogen) atoms. The fourth-order valence-electron chi connectivity index (χ4n) is 2.09. The third kappa shape index (κ3) is 3.19. The summed E-state index contributed by atoms with van der Waals surface area (Å²) < 4.78 is 3.83. The molecule has 0 amide bonds. The van der Waals surface area contributed by atoms with Gasteiger partial charge in [-0.3, -0.25) is 4.79 Å². The molecule has 0 aliphatic heterocycles. The highest BCUT2D eigenvalue weighted by molar-refractivity contribution is 5.98. The molecule has 0 radical (unpaired) electrons. The minimum atomic E-state index is 0.